The minimum absolute atomic E-state index is 0.312. The molecule has 2 heteroatoms. The second-order valence-electron chi connectivity index (χ2n) is 7.48. The third-order valence-corrected chi connectivity index (χ3v) is 3.50. The summed E-state index contributed by atoms with van der Waals surface area (Å²) in [6.45, 7) is 13.9. The first-order valence-electron chi connectivity index (χ1n) is 8.24. The highest BCUT2D eigenvalue weighted by Gasteiger charge is 2.19. The minimum Gasteiger partial charge on any atom is -0.380 e. The zero-order chi connectivity index (χ0) is 15.7. The Bertz CT molecular complexity index is 367. The van der Waals surface area contributed by atoms with E-state index >= 15 is 0 Å². The molecule has 0 aliphatic carbocycles. The summed E-state index contributed by atoms with van der Waals surface area (Å²) in [7, 11) is 0. The Morgan fingerprint density at radius 1 is 1.05 bits per heavy atom. The molecule has 1 aromatic rings. The zero-order valence-corrected chi connectivity index (χ0v) is 14.5. The molecule has 1 aromatic carbocycles. The third-order valence-electron chi connectivity index (χ3n) is 3.50. The van der Waals surface area contributed by atoms with Gasteiger partial charge in [-0.15, -0.1) is 0 Å². The summed E-state index contributed by atoms with van der Waals surface area (Å²) in [6, 6.07) is 11.1. The lowest BCUT2D eigenvalue weighted by atomic mass is 9.85. The Morgan fingerprint density at radius 2 is 1.71 bits per heavy atom. The molecule has 0 aliphatic rings. The molecule has 120 valence electrons. The molecular weight excluding hydrogens is 258 g/mol. The van der Waals surface area contributed by atoms with Gasteiger partial charge in [-0.1, -0.05) is 65.0 Å². The van der Waals surface area contributed by atoms with Crippen molar-refractivity contribution in [3.8, 4) is 0 Å². The predicted molar refractivity (Wildman–Crippen MR) is 91.5 cm³/mol. The number of hydrogen-bond acceptors (Lipinski definition) is 2. The van der Waals surface area contributed by atoms with Crippen LogP contribution in [0.5, 0.6) is 0 Å². The quantitative estimate of drug-likeness (QED) is 0.659. The second kappa shape index (κ2) is 9.22. The largest absolute Gasteiger partial charge is 0.380 e. The molecule has 1 atom stereocenters. The van der Waals surface area contributed by atoms with Crippen molar-refractivity contribution in [1.82, 2.24) is 5.32 Å². The Labute approximate surface area is 131 Å². The van der Waals surface area contributed by atoms with Gasteiger partial charge < -0.3 is 10.1 Å². The maximum absolute atomic E-state index is 5.70. The van der Waals surface area contributed by atoms with Crippen molar-refractivity contribution in [3.63, 3.8) is 0 Å². The van der Waals surface area contributed by atoms with Crippen molar-refractivity contribution in [3.05, 3.63) is 35.9 Å². The van der Waals surface area contributed by atoms with E-state index in [2.05, 4.69) is 70.3 Å². The van der Waals surface area contributed by atoms with E-state index in [0.29, 0.717) is 11.5 Å². The highest BCUT2D eigenvalue weighted by Crippen LogP contribution is 2.29. The first kappa shape index (κ1) is 18.2. The molecule has 2 nitrogen and oxygen atoms in total. The van der Waals surface area contributed by atoms with E-state index in [1.165, 1.54) is 5.56 Å². The fourth-order valence-electron chi connectivity index (χ4n) is 2.33. The van der Waals surface area contributed by atoms with Crippen LogP contribution in [0.2, 0.25) is 0 Å². The Hall–Kier alpha value is -0.860. The van der Waals surface area contributed by atoms with Gasteiger partial charge in [-0.05, 0) is 29.7 Å². The van der Waals surface area contributed by atoms with Crippen LogP contribution in [0.25, 0.3) is 0 Å². The molecule has 1 rings (SSSR count). The summed E-state index contributed by atoms with van der Waals surface area (Å²) in [5, 5.41) is 3.66. The Morgan fingerprint density at radius 3 is 2.29 bits per heavy atom. The van der Waals surface area contributed by atoms with E-state index in [4.69, 9.17) is 4.74 Å². The van der Waals surface area contributed by atoms with Crippen molar-refractivity contribution in [2.24, 2.45) is 11.3 Å². The van der Waals surface area contributed by atoms with Crippen LogP contribution in [-0.4, -0.2) is 19.8 Å². The van der Waals surface area contributed by atoms with Crippen LogP contribution >= 0.6 is 0 Å². The molecule has 0 spiro atoms. The molecular formula is C19H33NO. The normalized spacial score (nSPS) is 13.6. The number of hydrogen-bond donors (Lipinski definition) is 1. The van der Waals surface area contributed by atoms with Crippen LogP contribution in [0.15, 0.2) is 30.3 Å². The van der Waals surface area contributed by atoms with Gasteiger partial charge in [0.15, 0.2) is 0 Å². The number of benzene rings is 1. The lowest BCUT2D eigenvalue weighted by Gasteiger charge is -2.27. The Balaban J connectivity index is 2.40. The van der Waals surface area contributed by atoms with E-state index in [9.17, 15) is 0 Å². The van der Waals surface area contributed by atoms with Crippen molar-refractivity contribution in [2.45, 2.75) is 53.5 Å². The summed E-state index contributed by atoms with van der Waals surface area (Å²) in [5.74, 6) is 0.718. The van der Waals surface area contributed by atoms with Gasteiger partial charge in [0, 0.05) is 19.2 Å². The van der Waals surface area contributed by atoms with Gasteiger partial charge in [0.2, 0.25) is 0 Å². The third kappa shape index (κ3) is 8.90. The number of ether oxygens (including phenoxy) is 1. The van der Waals surface area contributed by atoms with Crippen molar-refractivity contribution in [1.29, 1.82) is 0 Å². The second-order valence-corrected chi connectivity index (χ2v) is 7.48. The van der Waals surface area contributed by atoms with Crippen molar-refractivity contribution >= 4 is 0 Å². The first-order valence-corrected chi connectivity index (χ1v) is 8.24. The molecule has 0 radical (unpaired) electrons. The van der Waals surface area contributed by atoms with Crippen LogP contribution in [0.4, 0.5) is 0 Å². The van der Waals surface area contributed by atoms with Crippen molar-refractivity contribution in [2.75, 3.05) is 19.8 Å². The topological polar surface area (TPSA) is 21.3 Å². The van der Waals surface area contributed by atoms with Crippen molar-refractivity contribution < 1.29 is 4.74 Å². The van der Waals surface area contributed by atoms with Gasteiger partial charge >= 0.3 is 0 Å². The molecule has 0 amide bonds. The van der Waals surface area contributed by atoms with Crippen LogP contribution in [-0.2, 0) is 4.74 Å². The Kier molecular flexibility index (Phi) is 7.98. The summed E-state index contributed by atoms with van der Waals surface area (Å²) < 4.78 is 5.70. The van der Waals surface area contributed by atoms with Gasteiger partial charge in [0.1, 0.15) is 0 Å². The maximum atomic E-state index is 5.70. The molecule has 1 unspecified atom stereocenters. The molecule has 1 N–H and O–H groups in total. The summed E-state index contributed by atoms with van der Waals surface area (Å²) in [6.07, 6.45) is 2.27. The lowest BCUT2D eigenvalue weighted by Crippen LogP contribution is -2.28. The van der Waals surface area contributed by atoms with Gasteiger partial charge in [0.05, 0.1) is 6.61 Å². The molecule has 0 saturated carbocycles. The SMILES string of the molecule is CC(C)CCOCCNC(CC(C)(C)C)c1ccccc1. The molecule has 21 heavy (non-hydrogen) atoms. The smallest absolute Gasteiger partial charge is 0.0591 e. The average molecular weight is 291 g/mol. The minimum atomic E-state index is 0.312. The maximum Gasteiger partial charge on any atom is 0.0591 e. The van der Waals surface area contributed by atoms with E-state index in [1.807, 2.05) is 0 Å². The van der Waals surface area contributed by atoms with Crippen LogP contribution in [0, 0.1) is 11.3 Å². The molecule has 0 aliphatic heterocycles. The van der Waals surface area contributed by atoms with Gasteiger partial charge in [-0.25, -0.2) is 0 Å². The van der Waals surface area contributed by atoms with Crippen LogP contribution in [0.1, 0.15) is 59.1 Å². The molecule has 0 heterocycles. The summed E-state index contributed by atoms with van der Waals surface area (Å²) in [4.78, 5) is 0. The standard InChI is InChI=1S/C19H33NO/c1-16(2)11-13-21-14-12-20-18(15-19(3,4)5)17-9-7-6-8-10-17/h6-10,16,18,20H,11-15H2,1-5H3. The fourth-order valence-corrected chi connectivity index (χ4v) is 2.33. The highest BCUT2D eigenvalue weighted by molar-refractivity contribution is 5.19. The van der Waals surface area contributed by atoms with Crippen LogP contribution < -0.4 is 5.32 Å². The first-order chi connectivity index (χ1) is 9.88. The summed E-state index contributed by atoms with van der Waals surface area (Å²) in [5.41, 5.74) is 1.68. The van der Waals surface area contributed by atoms with Gasteiger partial charge in [-0.2, -0.15) is 0 Å². The van der Waals surface area contributed by atoms with Crippen LogP contribution in [0.3, 0.4) is 0 Å². The lowest BCUT2D eigenvalue weighted by molar-refractivity contribution is 0.121. The predicted octanol–water partition coefficient (Wildman–Crippen LogP) is 4.82. The number of nitrogens with one attached hydrogen (secondary N) is 1. The molecule has 0 bridgehead atoms. The van der Waals surface area contributed by atoms with E-state index < -0.39 is 0 Å². The number of rotatable bonds is 9. The van der Waals surface area contributed by atoms with E-state index in [-0.39, 0.29) is 0 Å². The van der Waals surface area contributed by atoms with E-state index in [1.54, 1.807) is 0 Å². The van der Waals surface area contributed by atoms with Gasteiger partial charge in [-0.3, -0.25) is 0 Å². The highest BCUT2D eigenvalue weighted by atomic mass is 16.5. The molecule has 0 fully saturated rings. The monoisotopic (exact) mass is 291 g/mol. The van der Waals surface area contributed by atoms with Gasteiger partial charge in [0.25, 0.3) is 0 Å². The average Bonchev–Trinajstić information content (AvgIpc) is 2.40. The molecule has 0 saturated heterocycles. The zero-order valence-electron chi connectivity index (χ0n) is 14.5. The fraction of sp³-hybridized carbons (Fsp3) is 0.684. The summed E-state index contributed by atoms with van der Waals surface area (Å²) >= 11 is 0. The van der Waals surface area contributed by atoms with E-state index in [0.717, 1.165) is 38.5 Å². The molecule has 0 aromatic heterocycles.